The third kappa shape index (κ3) is 10.2. The van der Waals surface area contributed by atoms with Gasteiger partial charge in [0.25, 0.3) is 0 Å². The second-order valence-corrected chi connectivity index (χ2v) is 5.62. The number of benzene rings is 1. The molecule has 22 heavy (non-hydrogen) atoms. The van der Waals surface area contributed by atoms with Crippen molar-refractivity contribution >= 4 is 5.57 Å². The van der Waals surface area contributed by atoms with Crippen LogP contribution in [0.15, 0.2) is 54.1 Å². The molecule has 0 fully saturated rings. The highest BCUT2D eigenvalue weighted by molar-refractivity contribution is 5.61. The Bertz CT molecular complexity index is 465. The molecule has 0 nitrogen and oxygen atoms in total. The van der Waals surface area contributed by atoms with Gasteiger partial charge in [0.2, 0.25) is 0 Å². The lowest BCUT2D eigenvalue weighted by Gasteiger charge is -2.05. The standard InChI is InChI=1S/C10H12.C10H18.C2H6/c1-8(2)10-6-4-9(3)5-7-10;1-6-7-9(4)10(5)8(2)3;1-2/h4-7H,1H2,2-3H3;4,6-7H2,1-3,5H3;1-2H3. The third-order valence-electron chi connectivity index (χ3n) is 3.38. The van der Waals surface area contributed by atoms with Crippen LogP contribution in [0.4, 0.5) is 0 Å². The predicted octanol–water partition coefficient (Wildman–Crippen LogP) is 7.75. The van der Waals surface area contributed by atoms with Gasteiger partial charge in [-0.15, -0.1) is 0 Å². The molecule has 0 aliphatic rings. The zero-order chi connectivity index (χ0) is 17.7. The van der Waals surface area contributed by atoms with Gasteiger partial charge in [0.15, 0.2) is 0 Å². The molecule has 0 heterocycles. The van der Waals surface area contributed by atoms with Gasteiger partial charge in [-0.2, -0.15) is 0 Å². The summed E-state index contributed by atoms with van der Waals surface area (Å²) in [6, 6.07) is 8.39. The van der Waals surface area contributed by atoms with Crippen molar-refractivity contribution in [1.82, 2.24) is 0 Å². The highest BCUT2D eigenvalue weighted by atomic mass is 14.0. The van der Waals surface area contributed by atoms with E-state index in [0.717, 1.165) is 12.0 Å². The zero-order valence-electron chi connectivity index (χ0n) is 16.1. The van der Waals surface area contributed by atoms with E-state index in [0.29, 0.717) is 0 Å². The molecule has 0 N–H and O–H groups in total. The van der Waals surface area contributed by atoms with E-state index in [1.54, 1.807) is 0 Å². The summed E-state index contributed by atoms with van der Waals surface area (Å²) in [6.45, 7) is 24.6. The minimum Gasteiger partial charge on any atom is -0.0956 e. The van der Waals surface area contributed by atoms with Gasteiger partial charge in [-0.1, -0.05) is 86.9 Å². The van der Waals surface area contributed by atoms with Gasteiger partial charge >= 0.3 is 0 Å². The lowest BCUT2D eigenvalue weighted by Crippen LogP contribution is -1.85. The van der Waals surface area contributed by atoms with Gasteiger partial charge in [0.1, 0.15) is 0 Å². The number of rotatable bonds is 4. The van der Waals surface area contributed by atoms with E-state index in [9.17, 15) is 0 Å². The number of hydrogen-bond acceptors (Lipinski definition) is 0. The van der Waals surface area contributed by atoms with Gasteiger partial charge in [0, 0.05) is 0 Å². The van der Waals surface area contributed by atoms with Crippen LogP contribution < -0.4 is 0 Å². The minimum absolute atomic E-state index is 1.13. The fourth-order valence-electron chi connectivity index (χ4n) is 1.68. The number of aryl methyl sites for hydroxylation is 1. The van der Waals surface area contributed by atoms with E-state index in [1.165, 1.54) is 34.3 Å². The topological polar surface area (TPSA) is 0 Å². The Morgan fingerprint density at radius 1 is 0.909 bits per heavy atom. The van der Waals surface area contributed by atoms with Crippen LogP contribution in [-0.4, -0.2) is 0 Å². The Morgan fingerprint density at radius 3 is 1.68 bits per heavy atom. The average molecular weight is 301 g/mol. The first-order chi connectivity index (χ1) is 10.3. The zero-order valence-corrected chi connectivity index (χ0v) is 16.1. The molecular weight excluding hydrogens is 264 g/mol. The second-order valence-electron chi connectivity index (χ2n) is 5.62. The van der Waals surface area contributed by atoms with Crippen molar-refractivity contribution in [3.05, 3.63) is 65.3 Å². The van der Waals surface area contributed by atoms with Crippen molar-refractivity contribution in [2.75, 3.05) is 0 Å². The Morgan fingerprint density at radius 2 is 1.36 bits per heavy atom. The summed E-state index contributed by atoms with van der Waals surface area (Å²) in [6.07, 6.45) is 2.33. The molecule has 0 heteroatoms. The number of allylic oxidation sites excluding steroid dienone is 4. The van der Waals surface area contributed by atoms with Gasteiger partial charge in [-0.05, 0) is 52.2 Å². The maximum atomic E-state index is 4.01. The van der Waals surface area contributed by atoms with Crippen LogP contribution in [0.1, 0.15) is 72.4 Å². The minimum atomic E-state index is 1.13. The van der Waals surface area contributed by atoms with Crippen LogP contribution in [0.2, 0.25) is 0 Å². The van der Waals surface area contributed by atoms with Gasteiger partial charge in [0.05, 0.1) is 0 Å². The summed E-state index contributed by atoms with van der Waals surface area (Å²) in [4.78, 5) is 0. The van der Waals surface area contributed by atoms with E-state index >= 15 is 0 Å². The summed E-state index contributed by atoms with van der Waals surface area (Å²) >= 11 is 0. The maximum absolute atomic E-state index is 4.01. The molecule has 0 spiro atoms. The summed E-state index contributed by atoms with van der Waals surface area (Å²) in [5.41, 5.74) is 7.71. The van der Waals surface area contributed by atoms with Crippen LogP contribution >= 0.6 is 0 Å². The molecule has 0 saturated carbocycles. The SMILES string of the molecule is C=C(C)c1ccc(C)cc1.C=C(CCC)C(C)=C(C)C.CC. The van der Waals surface area contributed by atoms with Crippen LogP contribution in [0, 0.1) is 6.92 Å². The Labute approximate surface area is 139 Å². The Balaban J connectivity index is 0. The highest BCUT2D eigenvalue weighted by Crippen LogP contribution is 2.16. The van der Waals surface area contributed by atoms with Crippen LogP contribution in [0.5, 0.6) is 0 Å². The summed E-state index contributed by atoms with van der Waals surface area (Å²) in [7, 11) is 0. The smallest absolute Gasteiger partial charge is 0.0233 e. The lowest BCUT2D eigenvalue weighted by atomic mass is 10.0. The van der Waals surface area contributed by atoms with E-state index in [1.807, 2.05) is 20.8 Å². The molecule has 0 unspecified atom stereocenters. The van der Waals surface area contributed by atoms with E-state index < -0.39 is 0 Å². The molecule has 124 valence electrons. The molecule has 1 aromatic rings. The van der Waals surface area contributed by atoms with Crippen molar-refractivity contribution in [3.8, 4) is 0 Å². The van der Waals surface area contributed by atoms with Crippen LogP contribution in [-0.2, 0) is 0 Å². The molecular formula is C22H36. The Kier molecular flexibility index (Phi) is 13.6. The monoisotopic (exact) mass is 300 g/mol. The van der Waals surface area contributed by atoms with Crippen molar-refractivity contribution in [3.63, 3.8) is 0 Å². The van der Waals surface area contributed by atoms with Gasteiger partial charge in [-0.25, -0.2) is 0 Å². The van der Waals surface area contributed by atoms with Crippen LogP contribution in [0.3, 0.4) is 0 Å². The number of hydrogen-bond donors (Lipinski definition) is 0. The van der Waals surface area contributed by atoms with E-state index in [2.05, 4.69) is 72.0 Å². The lowest BCUT2D eigenvalue weighted by molar-refractivity contribution is 0.910. The highest BCUT2D eigenvalue weighted by Gasteiger charge is 1.96. The third-order valence-corrected chi connectivity index (χ3v) is 3.38. The van der Waals surface area contributed by atoms with Gasteiger partial charge in [-0.3, -0.25) is 0 Å². The fourth-order valence-corrected chi connectivity index (χ4v) is 1.68. The molecule has 1 rings (SSSR count). The molecule has 0 amide bonds. The first-order valence-electron chi connectivity index (χ1n) is 8.34. The molecule has 0 radical (unpaired) electrons. The summed E-state index contributed by atoms with van der Waals surface area (Å²) < 4.78 is 0. The molecule has 0 aliphatic carbocycles. The van der Waals surface area contributed by atoms with E-state index in [4.69, 9.17) is 0 Å². The summed E-state index contributed by atoms with van der Waals surface area (Å²) in [5.74, 6) is 0. The quantitative estimate of drug-likeness (QED) is 0.498. The normalized spacial score (nSPS) is 8.73. The molecule has 0 aliphatic heterocycles. The van der Waals surface area contributed by atoms with E-state index in [-0.39, 0.29) is 0 Å². The van der Waals surface area contributed by atoms with Gasteiger partial charge < -0.3 is 0 Å². The first kappa shape index (κ1) is 22.7. The maximum Gasteiger partial charge on any atom is -0.0233 e. The van der Waals surface area contributed by atoms with Crippen LogP contribution in [0.25, 0.3) is 5.57 Å². The summed E-state index contributed by atoms with van der Waals surface area (Å²) in [5, 5.41) is 0. The molecule has 1 aromatic carbocycles. The fraction of sp³-hybridized carbons (Fsp3) is 0.455. The van der Waals surface area contributed by atoms with Crippen molar-refractivity contribution in [2.24, 2.45) is 0 Å². The Hall–Kier alpha value is -1.56. The second kappa shape index (κ2) is 13.1. The molecule has 0 saturated heterocycles. The molecule has 0 atom stereocenters. The average Bonchev–Trinajstić information content (AvgIpc) is 2.49. The largest absolute Gasteiger partial charge is 0.0956 e. The molecule has 0 aromatic heterocycles. The molecule has 0 bridgehead atoms. The predicted molar refractivity (Wildman–Crippen MR) is 105 cm³/mol. The van der Waals surface area contributed by atoms with Crippen molar-refractivity contribution in [1.29, 1.82) is 0 Å². The van der Waals surface area contributed by atoms with Crippen molar-refractivity contribution in [2.45, 2.75) is 68.2 Å². The van der Waals surface area contributed by atoms with Crippen molar-refractivity contribution < 1.29 is 0 Å². The first-order valence-corrected chi connectivity index (χ1v) is 8.34.